The lowest BCUT2D eigenvalue weighted by atomic mass is 10.2. The third kappa shape index (κ3) is 9.79. The SMILES string of the molecule is CCNC(=NCCNC(=O)C(C)C)N(C)CCOc1ccc(F)cc1.I. The highest BCUT2D eigenvalue weighted by molar-refractivity contribution is 14.0. The van der Waals surface area contributed by atoms with Gasteiger partial charge in [0.25, 0.3) is 0 Å². The smallest absolute Gasteiger partial charge is 0.222 e. The lowest BCUT2D eigenvalue weighted by molar-refractivity contribution is -0.123. The van der Waals surface area contributed by atoms with Crippen molar-refractivity contribution in [2.75, 3.05) is 39.8 Å². The number of ether oxygens (including phenoxy) is 1. The average molecular weight is 480 g/mol. The van der Waals surface area contributed by atoms with E-state index in [0.29, 0.717) is 32.0 Å². The summed E-state index contributed by atoms with van der Waals surface area (Å²) in [5, 5.41) is 6.05. The number of carbonyl (C=O) groups is 1. The number of amides is 1. The number of rotatable bonds is 9. The number of benzene rings is 1. The Bertz CT molecular complexity index is 553. The Morgan fingerprint density at radius 2 is 1.92 bits per heavy atom. The summed E-state index contributed by atoms with van der Waals surface area (Å²) in [5.74, 6) is 1.11. The zero-order valence-corrected chi connectivity index (χ0v) is 18.2. The summed E-state index contributed by atoms with van der Waals surface area (Å²) >= 11 is 0. The molecule has 0 aromatic heterocycles. The molecule has 0 fully saturated rings. The van der Waals surface area contributed by atoms with Crippen LogP contribution in [-0.4, -0.2) is 56.6 Å². The van der Waals surface area contributed by atoms with Gasteiger partial charge in [-0.1, -0.05) is 13.8 Å². The second kappa shape index (κ2) is 13.6. The highest BCUT2D eigenvalue weighted by atomic mass is 127. The van der Waals surface area contributed by atoms with Crippen LogP contribution in [0.1, 0.15) is 20.8 Å². The van der Waals surface area contributed by atoms with Gasteiger partial charge in [0.05, 0.1) is 13.1 Å². The van der Waals surface area contributed by atoms with Crippen LogP contribution in [0.2, 0.25) is 0 Å². The lowest BCUT2D eigenvalue weighted by Crippen LogP contribution is -2.41. The van der Waals surface area contributed by atoms with Crippen LogP contribution in [-0.2, 0) is 4.79 Å². The topological polar surface area (TPSA) is 66.0 Å². The molecule has 0 aliphatic carbocycles. The van der Waals surface area contributed by atoms with Crippen molar-refractivity contribution in [3.05, 3.63) is 30.1 Å². The first kappa shape index (κ1) is 24.4. The maximum atomic E-state index is 12.9. The van der Waals surface area contributed by atoms with Gasteiger partial charge in [-0.05, 0) is 31.2 Å². The molecule has 0 saturated heterocycles. The minimum atomic E-state index is -0.282. The molecule has 6 nitrogen and oxygen atoms in total. The molecule has 1 aromatic carbocycles. The highest BCUT2D eigenvalue weighted by Crippen LogP contribution is 2.10. The van der Waals surface area contributed by atoms with E-state index in [0.717, 1.165) is 12.5 Å². The number of hydrogen-bond donors (Lipinski definition) is 2. The van der Waals surface area contributed by atoms with Crippen LogP contribution in [0.4, 0.5) is 4.39 Å². The van der Waals surface area contributed by atoms with Gasteiger partial charge >= 0.3 is 0 Å². The zero-order chi connectivity index (χ0) is 18.7. The van der Waals surface area contributed by atoms with Crippen molar-refractivity contribution >= 4 is 35.8 Å². The van der Waals surface area contributed by atoms with Crippen LogP contribution in [0.5, 0.6) is 5.75 Å². The predicted molar refractivity (Wildman–Crippen MR) is 114 cm³/mol. The van der Waals surface area contributed by atoms with E-state index in [9.17, 15) is 9.18 Å². The fraction of sp³-hybridized carbons (Fsp3) is 0.556. The van der Waals surface area contributed by atoms with Gasteiger partial charge in [0.15, 0.2) is 5.96 Å². The Hall–Kier alpha value is -1.58. The Balaban J connectivity index is 0.00000625. The zero-order valence-electron chi connectivity index (χ0n) is 15.9. The summed E-state index contributed by atoms with van der Waals surface area (Å²) in [7, 11) is 1.92. The molecule has 1 aromatic rings. The van der Waals surface area contributed by atoms with E-state index < -0.39 is 0 Å². The molecule has 0 spiro atoms. The largest absolute Gasteiger partial charge is 0.492 e. The number of nitrogens with zero attached hydrogens (tertiary/aromatic N) is 2. The van der Waals surface area contributed by atoms with E-state index in [-0.39, 0.29) is 41.6 Å². The molecule has 148 valence electrons. The van der Waals surface area contributed by atoms with Crippen LogP contribution in [0.3, 0.4) is 0 Å². The molecule has 0 bridgehead atoms. The van der Waals surface area contributed by atoms with Crippen LogP contribution >= 0.6 is 24.0 Å². The number of halogens is 2. The highest BCUT2D eigenvalue weighted by Gasteiger charge is 2.07. The Morgan fingerprint density at radius 3 is 2.50 bits per heavy atom. The minimum Gasteiger partial charge on any atom is -0.492 e. The number of aliphatic imine (C=N–C) groups is 1. The molecule has 0 saturated carbocycles. The van der Waals surface area contributed by atoms with Crippen molar-refractivity contribution in [3.63, 3.8) is 0 Å². The maximum Gasteiger partial charge on any atom is 0.222 e. The Labute approximate surface area is 172 Å². The fourth-order valence-electron chi connectivity index (χ4n) is 1.95. The first-order chi connectivity index (χ1) is 11.9. The first-order valence-corrected chi connectivity index (χ1v) is 8.59. The standard InChI is InChI=1S/C18H29FN4O2.HI/c1-5-20-18(22-11-10-21-17(24)14(2)3)23(4)12-13-25-16-8-6-15(19)7-9-16;/h6-9,14H,5,10-13H2,1-4H3,(H,20,22)(H,21,24);1H. The average Bonchev–Trinajstić information content (AvgIpc) is 2.58. The van der Waals surface area contributed by atoms with Crippen molar-refractivity contribution in [2.45, 2.75) is 20.8 Å². The lowest BCUT2D eigenvalue weighted by Gasteiger charge is -2.22. The Morgan fingerprint density at radius 1 is 1.27 bits per heavy atom. The maximum absolute atomic E-state index is 12.9. The van der Waals surface area contributed by atoms with E-state index in [1.165, 1.54) is 12.1 Å². The second-order valence-electron chi connectivity index (χ2n) is 5.91. The van der Waals surface area contributed by atoms with Crippen LogP contribution in [0.25, 0.3) is 0 Å². The number of likely N-dealkylation sites (N-methyl/N-ethyl adjacent to an activating group) is 1. The number of hydrogen-bond acceptors (Lipinski definition) is 3. The molecule has 8 heteroatoms. The van der Waals surface area contributed by atoms with Gasteiger partial charge in [-0.2, -0.15) is 0 Å². The number of guanidine groups is 1. The predicted octanol–water partition coefficient (Wildman–Crippen LogP) is 2.49. The molecule has 0 aliphatic rings. The number of carbonyl (C=O) groups excluding carboxylic acids is 1. The van der Waals surface area contributed by atoms with E-state index in [4.69, 9.17) is 4.74 Å². The molecule has 0 atom stereocenters. The minimum absolute atomic E-state index is 0. The molecule has 0 aliphatic heterocycles. The van der Waals surface area contributed by atoms with Gasteiger partial charge in [-0.25, -0.2) is 4.39 Å². The van der Waals surface area contributed by atoms with Gasteiger partial charge < -0.3 is 20.3 Å². The molecule has 2 N–H and O–H groups in total. The molecular formula is C18H30FIN4O2. The molecule has 0 heterocycles. The molecule has 26 heavy (non-hydrogen) atoms. The molecule has 1 rings (SSSR count). The van der Waals surface area contributed by atoms with Crippen molar-refractivity contribution < 1.29 is 13.9 Å². The second-order valence-corrected chi connectivity index (χ2v) is 5.91. The van der Waals surface area contributed by atoms with Crippen molar-refractivity contribution in [3.8, 4) is 5.75 Å². The summed E-state index contributed by atoms with van der Waals surface area (Å²) in [6.45, 7) is 8.56. The van der Waals surface area contributed by atoms with Gasteiger partial charge in [0.2, 0.25) is 5.91 Å². The van der Waals surface area contributed by atoms with Crippen LogP contribution < -0.4 is 15.4 Å². The normalized spacial score (nSPS) is 10.9. The first-order valence-electron chi connectivity index (χ1n) is 8.59. The van der Waals surface area contributed by atoms with Crippen molar-refractivity contribution in [1.29, 1.82) is 0 Å². The van der Waals surface area contributed by atoms with E-state index in [1.807, 2.05) is 32.7 Å². The van der Waals surface area contributed by atoms with Crippen molar-refractivity contribution in [2.24, 2.45) is 10.9 Å². The molecule has 0 unspecified atom stereocenters. The van der Waals surface area contributed by atoms with E-state index in [2.05, 4.69) is 15.6 Å². The Kier molecular flexibility index (Phi) is 12.8. The summed E-state index contributed by atoms with van der Waals surface area (Å²) < 4.78 is 18.5. The fourth-order valence-corrected chi connectivity index (χ4v) is 1.95. The summed E-state index contributed by atoms with van der Waals surface area (Å²) in [4.78, 5) is 18.0. The number of nitrogens with one attached hydrogen (secondary N) is 2. The molecule has 0 radical (unpaired) electrons. The van der Waals surface area contributed by atoms with Crippen molar-refractivity contribution in [1.82, 2.24) is 15.5 Å². The summed E-state index contributed by atoms with van der Waals surface area (Å²) in [5.41, 5.74) is 0. The van der Waals surface area contributed by atoms with Gasteiger partial charge in [0, 0.05) is 26.1 Å². The molecule has 1 amide bonds. The molecular weight excluding hydrogens is 450 g/mol. The van der Waals surface area contributed by atoms with Crippen LogP contribution in [0.15, 0.2) is 29.3 Å². The van der Waals surface area contributed by atoms with Gasteiger partial charge in [-0.3, -0.25) is 9.79 Å². The van der Waals surface area contributed by atoms with Crippen LogP contribution in [0, 0.1) is 11.7 Å². The van der Waals surface area contributed by atoms with E-state index >= 15 is 0 Å². The van der Waals surface area contributed by atoms with Gasteiger partial charge in [0.1, 0.15) is 18.2 Å². The summed E-state index contributed by atoms with van der Waals surface area (Å²) in [6, 6.07) is 5.95. The van der Waals surface area contributed by atoms with E-state index in [1.54, 1.807) is 12.1 Å². The third-order valence-electron chi connectivity index (χ3n) is 3.40. The van der Waals surface area contributed by atoms with Gasteiger partial charge in [-0.15, -0.1) is 24.0 Å². The quantitative estimate of drug-likeness (QED) is 0.247. The monoisotopic (exact) mass is 480 g/mol. The third-order valence-corrected chi connectivity index (χ3v) is 3.40. The summed E-state index contributed by atoms with van der Waals surface area (Å²) in [6.07, 6.45) is 0.